The molecule has 8 heteroatoms. The molecule has 4 rings (SSSR count). The molecular weight excluding hydrogens is 404 g/mol. The minimum atomic E-state index is -1.04. The highest BCUT2D eigenvalue weighted by molar-refractivity contribution is 6.10. The third-order valence-corrected chi connectivity index (χ3v) is 5.51. The second kappa shape index (κ2) is 8.85. The Balaban J connectivity index is 0.00000256. The molecule has 2 aromatic carbocycles. The van der Waals surface area contributed by atoms with Crippen molar-refractivity contribution in [1.29, 1.82) is 0 Å². The predicted molar refractivity (Wildman–Crippen MR) is 116 cm³/mol. The molecule has 0 radical (unpaired) electrons. The van der Waals surface area contributed by atoms with E-state index in [4.69, 9.17) is 0 Å². The summed E-state index contributed by atoms with van der Waals surface area (Å²) < 4.78 is 0. The summed E-state index contributed by atoms with van der Waals surface area (Å²) in [5.41, 5.74) is 2.53. The quantitative estimate of drug-likeness (QED) is 0.617. The summed E-state index contributed by atoms with van der Waals surface area (Å²) >= 11 is 0. The summed E-state index contributed by atoms with van der Waals surface area (Å²) in [6.45, 7) is 3.27. The van der Waals surface area contributed by atoms with Crippen LogP contribution in [0.15, 0.2) is 48.5 Å². The highest BCUT2D eigenvalue weighted by Crippen LogP contribution is 2.41. The monoisotopic (exact) mass is 428 g/mol. The van der Waals surface area contributed by atoms with Gasteiger partial charge >= 0.3 is 6.03 Å². The molecule has 30 heavy (non-hydrogen) atoms. The third kappa shape index (κ3) is 3.91. The molecular formula is C22H25ClN4O3. The lowest BCUT2D eigenvalue weighted by molar-refractivity contribution is -0.134. The molecule has 1 fully saturated rings. The average Bonchev–Trinajstić information content (AvgIpc) is 3.20. The first-order valence-corrected chi connectivity index (χ1v) is 9.85. The Bertz CT molecular complexity index is 980. The molecule has 1 spiro atoms. The lowest BCUT2D eigenvalue weighted by atomic mass is 9.92. The zero-order valence-electron chi connectivity index (χ0n) is 16.7. The maximum absolute atomic E-state index is 13.1. The van der Waals surface area contributed by atoms with Gasteiger partial charge < -0.3 is 16.0 Å². The van der Waals surface area contributed by atoms with E-state index < -0.39 is 17.5 Å². The molecule has 1 heterocycles. The molecule has 2 aromatic rings. The first-order chi connectivity index (χ1) is 14.0. The average molecular weight is 429 g/mol. The Kier molecular flexibility index (Phi) is 6.43. The van der Waals surface area contributed by atoms with Gasteiger partial charge in [0.2, 0.25) is 5.91 Å². The standard InChI is InChI=1S/C22H24N4O3.ClH/c1-2-23-13-15-6-5-8-17(12-15)24-19(27)14-26-20(28)22(25-21(26)29)11-10-16-7-3-4-9-18(16)22;/h3-9,12,23H,2,10-11,13-14H2,1H3,(H,24,27)(H,25,29);1H. The second-order valence-corrected chi connectivity index (χ2v) is 7.41. The van der Waals surface area contributed by atoms with Gasteiger partial charge in [-0.05, 0) is 48.2 Å². The van der Waals surface area contributed by atoms with Crippen molar-refractivity contribution in [2.45, 2.75) is 31.8 Å². The van der Waals surface area contributed by atoms with Gasteiger partial charge in [-0.3, -0.25) is 14.5 Å². The molecule has 3 N–H and O–H groups in total. The first kappa shape index (κ1) is 21.8. The smallest absolute Gasteiger partial charge is 0.325 e. The molecule has 7 nitrogen and oxygen atoms in total. The third-order valence-electron chi connectivity index (χ3n) is 5.51. The van der Waals surface area contributed by atoms with Crippen molar-refractivity contribution in [3.8, 4) is 0 Å². The molecule has 4 amide bonds. The van der Waals surface area contributed by atoms with Crippen LogP contribution in [0, 0.1) is 0 Å². The van der Waals surface area contributed by atoms with Crippen LogP contribution in [0.3, 0.4) is 0 Å². The number of anilines is 1. The summed E-state index contributed by atoms with van der Waals surface area (Å²) in [6.07, 6.45) is 1.24. The van der Waals surface area contributed by atoms with E-state index in [1.54, 1.807) is 6.07 Å². The summed E-state index contributed by atoms with van der Waals surface area (Å²) in [7, 11) is 0. The molecule has 1 saturated heterocycles. The largest absolute Gasteiger partial charge is 0.325 e. The number of nitrogens with one attached hydrogen (secondary N) is 3. The highest BCUT2D eigenvalue weighted by atomic mass is 35.5. The van der Waals surface area contributed by atoms with E-state index in [0.29, 0.717) is 18.7 Å². The van der Waals surface area contributed by atoms with Crippen LogP contribution in [-0.2, 0) is 28.1 Å². The van der Waals surface area contributed by atoms with Gasteiger partial charge in [-0.15, -0.1) is 12.4 Å². The van der Waals surface area contributed by atoms with Crippen molar-refractivity contribution in [1.82, 2.24) is 15.5 Å². The zero-order chi connectivity index (χ0) is 20.4. The fraction of sp³-hybridized carbons (Fsp3) is 0.318. The normalized spacial score (nSPS) is 19.4. The number of nitrogens with zero attached hydrogens (tertiary/aromatic N) is 1. The minimum Gasteiger partial charge on any atom is -0.325 e. The number of urea groups is 1. The Labute approximate surface area is 181 Å². The van der Waals surface area contributed by atoms with Gasteiger partial charge in [0.05, 0.1) is 0 Å². The van der Waals surface area contributed by atoms with E-state index in [-0.39, 0.29) is 24.9 Å². The van der Waals surface area contributed by atoms with Crippen LogP contribution < -0.4 is 16.0 Å². The van der Waals surface area contributed by atoms with E-state index in [1.807, 2.05) is 49.4 Å². The highest BCUT2D eigenvalue weighted by Gasteiger charge is 2.55. The van der Waals surface area contributed by atoms with Crippen molar-refractivity contribution in [3.63, 3.8) is 0 Å². The number of imide groups is 1. The maximum atomic E-state index is 13.1. The number of rotatable bonds is 6. The van der Waals surface area contributed by atoms with Crippen molar-refractivity contribution in [2.24, 2.45) is 0 Å². The second-order valence-electron chi connectivity index (χ2n) is 7.41. The van der Waals surface area contributed by atoms with Gasteiger partial charge in [0.15, 0.2) is 0 Å². The number of hydrogen-bond acceptors (Lipinski definition) is 4. The van der Waals surface area contributed by atoms with Crippen molar-refractivity contribution >= 4 is 35.9 Å². The molecule has 1 aliphatic carbocycles. The Morgan fingerprint density at radius 2 is 1.97 bits per heavy atom. The molecule has 0 saturated carbocycles. The number of hydrogen-bond donors (Lipinski definition) is 3. The first-order valence-electron chi connectivity index (χ1n) is 9.85. The fourth-order valence-corrected chi connectivity index (χ4v) is 4.11. The van der Waals surface area contributed by atoms with Gasteiger partial charge in [0.25, 0.3) is 5.91 Å². The fourth-order valence-electron chi connectivity index (χ4n) is 4.11. The van der Waals surface area contributed by atoms with E-state index in [0.717, 1.165) is 34.6 Å². The summed E-state index contributed by atoms with van der Waals surface area (Å²) in [6, 6.07) is 14.6. The number of carbonyl (C=O) groups is 3. The van der Waals surface area contributed by atoms with Crippen LogP contribution in [-0.4, -0.2) is 35.8 Å². The van der Waals surface area contributed by atoms with Gasteiger partial charge in [0, 0.05) is 12.2 Å². The predicted octanol–water partition coefficient (Wildman–Crippen LogP) is 2.55. The van der Waals surface area contributed by atoms with Gasteiger partial charge in [-0.25, -0.2) is 4.79 Å². The number of halogens is 1. The van der Waals surface area contributed by atoms with Crippen molar-refractivity contribution < 1.29 is 14.4 Å². The van der Waals surface area contributed by atoms with Gasteiger partial charge in [-0.1, -0.05) is 43.3 Å². The van der Waals surface area contributed by atoms with E-state index in [1.165, 1.54) is 0 Å². The van der Waals surface area contributed by atoms with E-state index in [9.17, 15) is 14.4 Å². The topological polar surface area (TPSA) is 90.5 Å². The van der Waals surface area contributed by atoms with Gasteiger partial charge in [-0.2, -0.15) is 0 Å². The van der Waals surface area contributed by atoms with Crippen LogP contribution >= 0.6 is 12.4 Å². The number of aryl methyl sites for hydroxylation is 1. The number of benzene rings is 2. The van der Waals surface area contributed by atoms with Gasteiger partial charge in [0.1, 0.15) is 12.1 Å². The number of fused-ring (bicyclic) bond motifs is 2. The van der Waals surface area contributed by atoms with E-state index in [2.05, 4.69) is 16.0 Å². The van der Waals surface area contributed by atoms with E-state index >= 15 is 0 Å². The molecule has 1 atom stereocenters. The van der Waals surface area contributed by atoms with Crippen molar-refractivity contribution in [2.75, 3.05) is 18.4 Å². The molecule has 158 valence electrons. The van der Waals surface area contributed by atoms with Crippen LogP contribution in [0.25, 0.3) is 0 Å². The minimum absolute atomic E-state index is 0. The molecule has 0 aromatic heterocycles. The Hall–Kier alpha value is -2.90. The summed E-state index contributed by atoms with van der Waals surface area (Å²) in [4.78, 5) is 39.2. The lowest BCUT2D eigenvalue weighted by Crippen LogP contribution is -2.43. The molecule has 1 unspecified atom stereocenters. The number of carbonyl (C=O) groups excluding carboxylic acids is 3. The Morgan fingerprint density at radius 3 is 2.77 bits per heavy atom. The Morgan fingerprint density at radius 1 is 1.17 bits per heavy atom. The molecule has 1 aliphatic heterocycles. The SMILES string of the molecule is CCNCc1cccc(NC(=O)CN2C(=O)NC3(CCc4ccccc43)C2=O)c1.Cl. The number of amides is 4. The summed E-state index contributed by atoms with van der Waals surface area (Å²) in [5, 5.41) is 8.85. The summed E-state index contributed by atoms with van der Waals surface area (Å²) in [5.74, 6) is -0.763. The van der Waals surface area contributed by atoms with Crippen molar-refractivity contribution in [3.05, 3.63) is 65.2 Å². The van der Waals surface area contributed by atoms with Crippen LogP contribution in [0.1, 0.15) is 30.0 Å². The van der Waals surface area contributed by atoms with Crippen LogP contribution in [0.4, 0.5) is 10.5 Å². The molecule has 0 bridgehead atoms. The molecule has 2 aliphatic rings. The lowest BCUT2D eigenvalue weighted by Gasteiger charge is -2.22. The van der Waals surface area contributed by atoms with Crippen LogP contribution in [0.5, 0.6) is 0 Å². The maximum Gasteiger partial charge on any atom is 0.325 e. The van der Waals surface area contributed by atoms with Crippen LogP contribution in [0.2, 0.25) is 0 Å². The zero-order valence-corrected chi connectivity index (χ0v) is 17.6.